The van der Waals surface area contributed by atoms with E-state index in [4.69, 9.17) is 26.3 Å². The maximum atomic E-state index is 13.0. The van der Waals surface area contributed by atoms with Gasteiger partial charge in [0.1, 0.15) is 29.7 Å². The number of rotatable bonds is 13. The molecule has 0 spiro atoms. The first-order valence-corrected chi connectivity index (χ1v) is 17.7. The van der Waals surface area contributed by atoms with Gasteiger partial charge in [-0.15, -0.1) is 5.10 Å². The first-order chi connectivity index (χ1) is 25.2. The number of aromatic nitrogens is 3. The van der Waals surface area contributed by atoms with Crippen LogP contribution in [0.4, 0.5) is 0 Å². The van der Waals surface area contributed by atoms with Crippen molar-refractivity contribution in [2.45, 2.75) is 76.1 Å². The average molecular weight is 722 g/mol. The van der Waals surface area contributed by atoms with Crippen LogP contribution in [0, 0.1) is 11.3 Å². The predicted molar refractivity (Wildman–Crippen MR) is 188 cm³/mol. The molecule has 0 radical (unpaired) electrons. The van der Waals surface area contributed by atoms with Crippen LogP contribution in [0.25, 0.3) is 5.69 Å². The number of fused-ring (bicyclic) bond motifs is 1. The molecule has 1 aliphatic carbocycles. The third-order valence-electron chi connectivity index (χ3n) is 9.60. The number of nitrogens with one attached hydrogen (secondary N) is 2. The molecule has 2 N–H and O–H groups in total. The van der Waals surface area contributed by atoms with Gasteiger partial charge in [-0.1, -0.05) is 22.9 Å². The number of nitrogens with zero attached hydrogens (tertiary/aromatic N) is 5. The minimum absolute atomic E-state index is 0.0120. The van der Waals surface area contributed by atoms with Gasteiger partial charge in [0.2, 0.25) is 11.8 Å². The zero-order valence-electron chi connectivity index (χ0n) is 28.2. The van der Waals surface area contributed by atoms with Crippen LogP contribution in [0.3, 0.4) is 0 Å². The van der Waals surface area contributed by atoms with Gasteiger partial charge in [0.05, 0.1) is 41.3 Å². The van der Waals surface area contributed by atoms with Gasteiger partial charge in [-0.3, -0.25) is 24.5 Å². The molecule has 13 nitrogen and oxygen atoms in total. The summed E-state index contributed by atoms with van der Waals surface area (Å²) in [6, 6.07) is 18.9. The fourth-order valence-electron chi connectivity index (χ4n) is 6.66. The Morgan fingerprint density at radius 3 is 2.65 bits per heavy atom. The zero-order valence-corrected chi connectivity index (χ0v) is 29.0. The molecule has 1 unspecified atom stereocenters. The Bertz CT molecular complexity index is 2050. The number of hydrogen-bond acceptors (Lipinski definition) is 9. The summed E-state index contributed by atoms with van der Waals surface area (Å²) in [7, 11) is 0. The maximum absolute atomic E-state index is 13.0. The molecule has 1 saturated carbocycles. The summed E-state index contributed by atoms with van der Waals surface area (Å²) >= 11 is 6.09. The Balaban J connectivity index is 0.814. The minimum Gasteiger partial charge on any atom is -0.493 e. The molecular weight excluding hydrogens is 686 g/mol. The van der Waals surface area contributed by atoms with Crippen molar-refractivity contribution in [2.24, 2.45) is 0 Å². The molecule has 2 fully saturated rings. The van der Waals surface area contributed by atoms with Crippen molar-refractivity contribution in [3.63, 3.8) is 0 Å². The van der Waals surface area contributed by atoms with Crippen molar-refractivity contribution in [3.05, 3.63) is 99.8 Å². The number of carbonyl (C=O) groups is 4. The van der Waals surface area contributed by atoms with E-state index >= 15 is 0 Å². The second-order valence-corrected chi connectivity index (χ2v) is 13.6. The Morgan fingerprint density at radius 1 is 1.06 bits per heavy atom. The number of piperidine rings is 1. The summed E-state index contributed by atoms with van der Waals surface area (Å²) in [6.45, 7) is 0.761. The number of carbonyl (C=O) groups excluding carboxylic acids is 4. The van der Waals surface area contributed by atoms with Gasteiger partial charge >= 0.3 is 0 Å². The highest BCUT2D eigenvalue weighted by Crippen LogP contribution is 2.34. The fourth-order valence-corrected chi connectivity index (χ4v) is 6.88. The topological polar surface area (TPSA) is 169 Å². The molecule has 0 bridgehead atoms. The zero-order chi connectivity index (χ0) is 36.2. The molecule has 266 valence electrons. The second-order valence-electron chi connectivity index (χ2n) is 13.2. The van der Waals surface area contributed by atoms with Crippen LogP contribution in [0.1, 0.15) is 82.5 Å². The number of amides is 4. The van der Waals surface area contributed by atoms with E-state index in [2.05, 4.69) is 20.9 Å². The van der Waals surface area contributed by atoms with Crippen LogP contribution in [-0.4, -0.2) is 68.3 Å². The summed E-state index contributed by atoms with van der Waals surface area (Å²) in [4.78, 5) is 51.3. The lowest BCUT2D eigenvalue weighted by atomic mass is 9.89. The smallest absolute Gasteiger partial charge is 0.255 e. The number of benzene rings is 3. The van der Waals surface area contributed by atoms with Gasteiger partial charge in [0.25, 0.3) is 11.8 Å². The molecule has 2 aliphatic heterocycles. The minimum atomic E-state index is -0.661. The van der Waals surface area contributed by atoms with Crippen LogP contribution >= 0.6 is 11.6 Å². The van der Waals surface area contributed by atoms with Crippen LogP contribution < -0.4 is 20.1 Å². The van der Waals surface area contributed by atoms with Gasteiger partial charge in [0, 0.05) is 48.1 Å². The molecule has 3 heterocycles. The van der Waals surface area contributed by atoms with Crippen LogP contribution in [0.2, 0.25) is 5.02 Å². The van der Waals surface area contributed by atoms with E-state index in [-0.39, 0.29) is 42.8 Å². The van der Waals surface area contributed by atoms with Crippen molar-refractivity contribution in [1.29, 1.82) is 5.26 Å². The second kappa shape index (κ2) is 15.2. The molecule has 3 aromatic carbocycles. The lowest BCUT2D eigenvalue weighted by Crippen LogP contribution is -2.52. The van der Waals surface area contributed by atoms with E-state index in [0.29, 0.717) is 59.1 Å². The number of nitriles is 1. The maximum Gasteiger partial charge on any atom is 0.255 e. The molecule has 52 heavy (non-hydrogen) atoms. The van der Waals surface area contributed by atoms with Crippen molar-refractivity contribution in [3.8, 4) is 23.3 Å². The molecule has 4 amide bonds. The molecule has 7 rings (SSSR count). The van der Waals surface area contributed by atoms with E-state index in [1.54, 1.807) is 47.1 Å². The molecule has 4 aromatic rings. The summed E-state index contributed by atoms with van der Waals surface area (Å²) in [5.74, 6) is 0.125. The normalized spacial score (nSPS) is 19.3. The highest BCUT2D eigenvalue weighted by atomic mass is 35.5. The van der Waals surface area contributed by atoms with Crippen molar-refractivity contribution < 1.29 is 28.7 Å². The first kappa shape index (κ1) is 34.7. The van der Waals surface area contributed by atoms with Gasteiger partial charge in [-0.05, 0) is 80.6 Å². The van der Waals surface area contributed by atoms with E-state index in [9.17, 15) is 19.2 Å². The highest BCUT2D eigenvalue weighted by Gasteiger charge is 2.40. The fraction of sp³-hybridized carbons (Fsp3) is 0.342. The van der Waals surface area contributed by atoms with Crippen LogP contribution in [0.5, 0.6) is 11.5 Å². The summed E-state index contributed by atoms with van der Waals surface area (Å²) in [6.07, 6.45) is 7.11. The van der Waals surface area contributed by atoms with E-state index in [0.717, 1.165) is 42.6 Å². The monoisotopic (exact) mass is 721 g/mol. The Kier molecular flexibility index (Phi) is 10.2. The molecular formula is C38H36ClN7O6. The number of hydrogen-bond donors (Lipinski definition) is 2. The summed E-state index contributed by atoms with van der Waals surface area (Å²) < 4.78 is 13.7. The van der Waals surface area contributed by atoms with Crippen LogP contribution in [0.15, 0.2) is 66.9 Å². The summed E-state index contributed by atoms with van der Waals surface area (Å²) in [5, 5.41) is 23.3. The van der Waals surface area contributed by atoms with Gasteiger partial charge in [-0.25, -0.2) is 4.68 Å². The number of ether oxygens (including phenoxy) is 2. The molecule has 14 heteroatoms. The number of halogens is 1. The third kappa shape index (κ3) is 7.62. The highest BCUT2D eigenvalue weighted by molar-refractivity contribution is 6.31. The largest absolute Gasteiger partial charge is 0.493 e. The Hall–Kier alpha value is -5.74. The van der Waals surface area contributed by atoms with E-state index < -0.39 is 11.9 Å². The first-order valence-electron chi connectivity index (χ1n) is 17.3. The molecule has 1 saturated heterocycles. The number of imide groups is 1. The van der Waals surface area contributed by atoms with E-state index in [1.807, 2.05) is 30.5 Å². The van der Waals surface area contributed by atoms with Crippen molar-refractivity contribution >= 4 is 35.2 Å². The standard InChI is InChI=1S/C38H36ClN7O6/c39-32-19-28(13-10-24(32)20-40)52-29-17-26(18-29)41-36(48)23-8-11-27(12-9-23)46-21-25(43-44-46)5-2-1-3-16-51-34-7-4-6-30-31(34)22-45(38(30)50)33-14-15-35(47)42-37(33)49/h4,6-13,19,21,26,29,33H,1-3,5,14-18,22H2,(H,41,48)(H,42,47,49). The summed E-state index contributed by atoms with van der Waals surface area (Å²) in [5.41, 5.74) is 3.91. The molecule has 1 aromatic heterocycles. The lowest BCUT2D eigenvalue weighted by molar-refractivity contribution is -0.136. The lowest BCUT2D eigenvalue weighted by Gasteiger charge is -2.35. The number of aryl methyl sites for hydroxylation is 1. The Labute approximate surface area is 304 Å². The predicted octanol–water partition coefficient (Wildman–Crippen LogP) is 4.68. The van der Waals surface area contributed by atoms with Gasteiger partial charge < -0.3 is 19.7 Å². The quantitative estimate of drug-likeness (QED) is 0.147. The number of unbranched alkanes of at least 4 members (excludes halogenated alkanes) is 2. The van der Waals surface area contributed by atoms with E-state index in [1.165, 1.54) is 4.90 Å². The molecule has 1 atom stereocenters. The van der Waals surface area contributed by atoms with Gasteiger partial charge in [0.15, 0.2) is 0 Å². The van der Waals surface area contributed by atoms with Crippen molar-refractivity contribution in [1.82, 2.24) is 30.5 Å². The van der Waals surface area contributed by atoms with Crippen molar-refractivity contribution in [2.75, 3.05) is 6.61 Å². The SMILES string of the molecule is N#Cc1ccc(OC2CC(NC(=O)c3ccc(-n4cc(CCCCCOc5cccc6c5CN(C5CCC(=O)NC5=O)C6=O)nn4)cc3)C2)cc1Cl. The Morgan fingerprint density at radius 2 is 1.88 bits per heavy atom. The third-order valence-corrected chi connectivity index (χ3v) is 9.92. The van der Waals surface area contributed by atoms with Gasteiger partial charge in [-0.2, -0.15) is 5.26 Å². The van der Waals surface area contributed by atoms with Crippen LogP contribution in [-0.2, 0) is 22.6 Å². The molecule has 3 aliphatic rings. The average Bonchev–Trinajstić information content (AvgIpc) is 3.74.